The number of allylic oxidation sites excluding steroid dienone is 1. The number of nitrogens with zero attached hydrogens (tertiary/aromatic N) is 1. The molecule has 0 aliphatic carbocycles. The third-order valence-corrected chi connectivity index (χ3v) is 4.28. The Kier molecular flexibility index (Phi) is 3.73. The molecule has 6 heteroatoms. The summed E-state index contributed by atoms with van der Waals surface area (Å²) >= 11 is 0. The highest BCUT2D eigenvalue weighted by molar-refractivity contribution is 6.08. The second-order valence-corrected chi connectivity index (χ2v) is 5.94. The Morgan fingerprint density at radius 3 is 2.65 bits per heavy atom. The molecule has 0 spiro atoms. The number of hydrogen-bond donors (Lipinski definition) is 1. The van der Waals surface area contributed by atoms with Gasteiger partial charge in [0.25, 0.3) is 5.91 Å². The van der Waals surface area contributed by atoms with Crippen molar-refractivity contribution in [2.75, 3.05) is 12.4 Å². The third kappa shape index (κ3) is 2.52. The van der Waals surface area contributed by atoms with Gasteiger partial charge in [0.15, 0.2) is 0 Å². The summed E-state index contributed by atoms with van der Waals surface area (Å²) < 4.78 is 12.5. The summed E-state index contributed by atoms with van der Waals surface area (Å²) in [6.07, 6.45) is 0. The van der Waals surface area contributed by atoms with Crippen LogP contribution in [0.3, 0.4) is 0 Å². The lowest BCUT2D eigenvalue weighted by molar-refractivity contribution is 0.102. The quantitative estimate of drug-likeness (QED) is 0.789. The van der Waals surface area contributed by atoms with Crippen LogP contribution in [0.15, 0.2) is 65.7 Å². The van der Waals surface area contributed by atoms with Crippen molar-refractivity contribution < 1.29 is 14.3 Å². The molecule has 4 rings (SSSR count). The van der Waals surface area contributed by atoms with Gasteiger partial charge in [-0.15, -0.1) is 0 Å². The maximum absolute atomic E-state index is 12.9. The van der Waals surface area contributed by atoms with Crippen molar-refractivity contribution in [3.63, 3.8) is 0 Å². The fourth-order valence-corrected chi connectivity index (χ4v) is 3.05. The number of benzene rings is 2. The van der Waals surface area contributed by atoms with Crippen LogP contribution in [0.2, 0.25) is 0 Å². The van der Waals surface area contributed by atoms with Crippen molar-refractivity contribution in [2.45, 2.75) is 6.54 Å². The molecule has 0 atom stereocenters. The number of fused-ring (bicyclic) bond motifs is 3. The zero-order valence-electron chi connectivity index (χ0n) is 14.1. The number of rotatable bonds is 3. The van der Waals surface area contributed by atoms with Gasteiger partial charge in [-0.25, -0.2) is 0 Å². The highest BCUT2D eigenvalue weighted by atomic mass is 16.5. The molecule has 1 amide bonds. The number of ether oxygens (including phenoxy) is 2. The van der Waals surface area contributed by atoms with Gasteiger partial charge in [-0.3, -0.25) is 9.59 Å². The van der Waals surface area contributed by atoms with E-state index in [0.29, 0.717) is 34.6 Å². The Hall–Kier alpha value is -3.54. The average Bonchev–Trinajstić information content (AvgIpc) is 3.04. The van der Waals surface area contributed by atoms with Crippen LogP contribution in [-0.2, 0) is 6.54 Å². The molecule has 0 radical (unpaired) electrons. The number of methoxy groups -OCH3 is 1. The number of hydrogen-bond acceptors (Lipinski definition) is 4. The first-order valence-electron chi connectivity index (χ1n) is 8.05. The zero-order valence-corrected chi connectivity index (χ0v) is 14.1. The minimum absolute atomic E-state index is 0.0295. The van der Waals surface area contributed by atoms with Crippen LogP contribution in [0, 0.1) is 0 Å². The van der Waals surface area contributed by atoms with E-state index >= 15 is 0 Å². The van der Waals surface area contributed by atoms with Gasteiger partial charge in [0.05, 0.1) is 19.2 Å². The number of carbonyl (C=O) groups is 1. The predicted molar refractivity (Wildman–Crippen MR) is 98.9 cm³/mol. The van der Waals surface area contributed by atoms with Gasteiger partial charge in [-0.1, -0.05) is 18.7 Å². The number of aromatic nitrogens is 1. The van der Waals surface area contributed by atoms with Crippen LogP contribution in [0.25, 0.3) is 10.9 Å². The Labute approximate surface area is 149 Å². The van der Waals surface area contributed by atoms with E-state index < -0.39 is 5.91 Å². The minimum Gasteiger partial charge on any atom is -0.497 e. The average molecular weight is 348 g/mol. The normalized spacial score (nSPS) is 12.6. The summed E-state index contributed by atoms with van der Waals surface area (Å²) in [6.45, 7) is 4.22. The van der Waals surface area contributed by atoms with Crippen LogP contribution < -0.4 is 20.2 Å². The Morgan fingerprint density at radius 1 is 1.19 bits per heavy atom. The molecular weight excluding hydrogens is 332 g/mol. The molecule has 0 fully saturated rings. The highest BCUT2D eigenvalue weighted by Crippen LogP contribution is 2.30. The summed E-state index contributed by atoms with van der Waals surface area (Å²) in [6, 6.07) is 14.0. The monoisotopic (exact) mass is 348 g/mol. The molecule has 2 heterocycles. The summed E-state index contributed by atoms with van der Waals surface area (Å²) in [5, 5.41) is 3.21. The molecule has 1 N–H and O–H groups in total. The standard InChI is InChI=1S/C20H16N2O4/c1-12-11-22-16-6-4-3-5-15(16)18(23)17(20(22)26-12)19(24)21-13-7-9-14(25-2)10-8-13/h3-10H,1,11H2,2H3,(H,21,24). The van der Waals surface area contributed by atoms with E-state index in [4.69, 9.17) is 9.47 Å². The van der Waals surface area contributed by atoms with Crippen LogP contribution >= 0.6 is 0 Å². The van der Waals surface area contributed by atoms with Crippen molar-refractivity contribution in [3.8, 4) is 11.6 Å². The summed E-state index contributed by atoms with van der Waals surface area (Å²) in [7, 11) is 1.57. The molecule has 0 unspecified atom stereocenters. The summed E-state index contributed by atoms with van der Waals surface area (Å²) in [4.78, 5) is 25.8. The number of amides is 1. The molecule has 0 saturated heterocycles. The molecule has 3 aromatic rings. The largest absolute Gasteiger partial charge is 0.497 e. The fourth-order valence-electron chi connectivity index (χ4n) is 3.05. The predicted octanol–water partition coefficient (Wildman–Crippen LogP) is 3.17. The third-order valence-electron chi connectivity index (χ3n) is 4.28. The fraction of sp³-hybridized carbons (Fsp3) is 0.100. The van der Waals surface area contributed by atoms with E-state index in [1.54, 1.807) is 48.1 Å². The second kappa shape index (κ2) is 6.07. The zero-order chi connectivity index (χ0) is 18.3. The van der Waals surface area contributed by atoms with Crippen molar-refractivity contribution in [1.29, 1.82) is 0 Å². The first-order chi connectivity index (χ1) is 12.6. The Balaban J connectivity index is 1.82. The SMILES string of the molecule is C=C1Cn2c(c(C(=O)Nc3ccc(OC)cc3)c(=O)c3ccccc32)O1. The minimum atomic E-state index is -0.524. The molecule has 1 aromatic heterocycles. The molecule has 26 heavy (non-hydrogen) atoms. The first-order valence-corrected chi connectivity index (χ1v) is 8.05. The van der Waals surface area contributed by atoms with Crippen molar-refractivity contribution in [3.05, 3.63) is 76.7 Å². The van der Waals surface area contributed by atoms with Crippen LogP contribution in [0.4, 0.5) is 5.69 Å². The lowest BCUT2D eigenvalue weighted by atomic mass is 10.1. The number of carbonyl (C=O) groups excluding carboxylic acids is 1. The smallest absolute Gasteiger partial charge is 0.265 e. The topological polar surface area (TPSA) is 69.6 Å². The Bertz CT molecular complexity index is 1100. The Morgan fingerprint density at radius 2 is 1.92 bits per heavy atom. The van der Waals surface area contributed by atoms with Crippen molar-refractivity contribution >= 4 is 22.5 Å². The van der Waals surface area contributed by atoms with E-state index in [2.05, 4.69) is 11.9 Å². The molecule has 1 aliphatic rings. The first kappa shape index (κ1) is 16.0. The van der Waals surface area contributed by atoms with Crippen LogP contribution in [0.1, 0.15) is 10.4 Å². The van der Waals surface area contributed by atoms with E-state index in [1.165, 1.54) is 0 Å². The van der Waals surface area contributed by atoms with Crippen molar-refractivity contribution in [1.82, 2.24) is 4.57 Å². The van der Waals surface area contributed by atoms with Gasteiger partial charge in [0.2, 0.25) is 11.3 Å². The molecule has 2 aromatic carbocycles. The van der Waals surface area contributed by atoms with Gasteiger partial charge in [-0.05, 0) is 36.4 Å². The van der Waals surface area contributed by atoms with Crippen molar-refractivity contribution in [2.24, 2.45) is 0 Å². The number of anilines is 1. The maximum atomic E-state index is 12.9. The van der Waals surface area contributed by atoms with Gasteiger partial charge >= 0.3 is 0 Å². The second-order valence-electron chi connectivity index (χ2n) is 5.94. The maximum Gasteiger partial charge on any atom is 0.265 e. The number of nitrogens with one attached hydrogen (secondary N) is 1. The van der Waals surface area contributed by atoms with E-state index in [1.807, 2.05) is 12.1 Å². The van der Waals surface area contributed by atoms with Crippen LogP contribution in [0.5, 0.6) is 11.6 Å². The molecule has 0 bridgehead atoms. The molecule has 130 valence electrons. The lowest BCUT2D eigenvalue weighted by Crippen LogP contribution is -2.24. The van der Waals surface area contributed by atoms with Gasteiger partial charge < -0.3 is 19.4 Å². The molecule has 6 nitrogen and oxygen atoms in total. The summed E-state index contributed by atoms with van der Waals surface area (Å²) in [5.41, 5.74) is 0.872. The molecular formula is C20H16N2O4. The highest BCUT2D eigenvalue weighted by Gasteiger charge is 2.28. The lowest BCUT2D eigenvalue weighted by Gasteiger charge is -2.12. The number of pyridine rings is 1. The van der Waals surface area contributed by atoms with E-state index in [9.17, 15) is 9.59 Å². The van der Waals surface area contributed by atoms with E-state index in [0.717, 1.165) is 0 Å². The van der Waals surface area contributed by atoms with E-state index in [-0.39, 0.29) is 16.9 Å². The van der Waals surface area contributed by atoms with Gasteiger partial charge in [0.1, 0.15) is 17.1 Å². The summed E-state index contributed by atoms with van der Waals surface area (Å²) in [5.74, 6) is 0.864. The molecule has 0 saturated carbocycles. The van der Waals surface area contributed by atoms with Gasteiger partial charge in [0, 0.05) is 11.1 Å². The van der Waals surface area contributed by atoms with Crippen LogP contribution in [-0.4, -0.2) is 17.6 Å². The number of para-hydroxylation sites is 1. The molecule has 1 aliphatic heterocycles. The van der Waals surface area contributed by atoms with Gasteiger partial charge in [-0.2, -0.15) is 0 Å².